The van der Waals surface area contributed by atoms with Crippen LogP contribution in [0.5, 0.6) is 0 Å². The molecule has 2 heterocycles. The van der Waals surface area contributed by atoms with Crippen molar-refractivity contribution in [2.24, 2.45) is 5.92 Å². The van der Waals surface area contributed by atoms with Crippen LogP contribution < -0.4 is 10.2 Å². The second-order valence-electron chi connectivity index (χ2n) is 7.26. The summed E-state index contributed by atoms with van der Waals surface area (Å²) in [5.74, 6) is 0.864. The molecule has 1 aromatic heterocycles. The van der Waals surface area contributed by atoms with Gasteiger partial charge in [0.05, 0.1) is 0 Å². The monoisotopic (exact) mass is 372 g/mol. The molecule has 0 aliphatic carbocycles. The van der Waals surface area contributed by atoms with Gasteiger partial charge < -0.3 is 10.2 Å². The standard InChI is InChI=1S/C23H24N4O/c1-17-6-5-9-21(14-17)26-22(28)19-10-12-27(13-11-19)23-24-15-20(16-25-23)18-7-3-2-4-8-18/h2-9,14-16,19H,10-13H2,1H3,(H,26,28). The van der Waals surface area contributed by atoms with E-state index in [1.807, 2.05) is 61.8 Å². The zero-order valence-electron chi connectivity index (χ0n) is 16.0. The minimum Gasteiger partial charge on any atom is -0.341 e. The fourth-order valence-corrected chi connectivity index (χ4v) is 3.57. The van der Waals surface area contributed by atoms with E-state index in [0.717, 1.165) is 54.3 Å². The first-order valence-corrected chi connectivity index (χ1v) is 9.69. The lowest BCUT2D eigenvalue weighted by molar-refractivity contribution is -0.120. The van der Waals surface area contributed by atoms with Gasteiger partial charge >= 0.3 is 0 Å². The van der Waals surface area contributed by atoms with Gasteiger partial charge in [0.2, 0.25) is 11.9 Å². The number of rotatable bonds is 4. The fraction of sp³-hybridized carbons (Fsp3) is 0.261. The molecule has 1 saturated heterocycles. The van der Waals surface area contributed by atoms with E-state index in [0.29, 0.717) is 0 Å². The highest BCUT2D eigenvalue weighted by molar-refractivity contribution is 5.92. The number of hydrogen-bond acceptors (Lipinski definition) is 4. The van der Waals surface area contributed by atoms with Crippen LogP contribution in [0.3, 0.4) is 0 Å². The average molecular weight is 372 g/mol. The van der Waals surface area contributed by atoms with Gasteiger partial charge in [0.15, 0.2) is 0 Å². The van der Waals surface area contributed by atoms with Crippen molar-refractivity contribution in [1.82, 2.24) is 9.97 Å². The summed E-state index contributed by atoms with van der Waals surface area (Å²) in [6.45, 7) is 3.60. The van der Waals surface area contributed by atoms with Gasteiger partial charge in [-0.2, -0.15) is 0 Å². The third kappa shape index (κ3) is 4.19. The second kappa shape index (κ2) is 8.21. The third-order valence-corrected chi connectivity index (χ3v) is 5.18. The Morgan fingerprint density at radius 2 is 1.68 bits per heavy atom. The maximum Gasteiger partial charge on any atom is 0.227 e. The normalized spacial score (nSPS) is 14.7. The molecule has 0 saturated carbocycles. The minimum absolute atomic E-state index is 0.0281. The van der Waals surface area contributed by atoms with Gasteiger partial charge in [0, 0.05) is 42.7 Å². The first-order valence-electron chi connectivity index (χ1n) is 9.69. The lowest BCUT2D eigenvalue weighted by atomic mass is 9.96. The Labute approximate surface area is 165 Å². The molecule has 0 radical (unpaired) electrons. The number of nitrogens with one attached hydrogen (secondary N) is 1. The molecule has 3 aromatic rings. The summed E-state index contributed by atoms with van der Waals surface area (Å²) in [4.78, 5) is 23.8. The number of aryl methyl sites for hydroxylation is 1. The fourth-order valence-electron chi connectivity index (χ4n) is 3.57. The number of benzene rings is 2. The Morgan fingerprint density at radius 3 is 2.36 bits per heavy atom. The average Bonchev–Trinajstić information content (AvgIpc) is 2.75. The smallest absolute Gasteiger partial charge is 0.227 e. The topological polar surface area (TPSA) is 58.1 Å². The van der Waals surface area contributed by atoms with Crippen LogP contribution in [-0.4, -0.2) is 29.0 Å². The second-order valence-corrected chi connectivity index (χ2v) is 7.26. The Bertz CT molecular complexity index is 932. The maximum atomic E-state index is 12.6. The predicted molar refractivity (Wildman–Crippen MR) is 112 cm³/mol. The van der Waals surface area contributed by atoms with E-state index >= 15 is 0 Å². The first-order chi connectivity index (χ1) is 13.7. The molecule has 1 fully saturated rings. The highest BCUT2D eigenvalue weighted by Gasteiger charge is 2.26. The molecule has 1 aliphatic heterocycles. The van der Waals surface area contributed by atoms with Crippen LogP contribution in [0.2, 0.25) is 0 Å². The van der Waals surface area contributed by atoms with E-state index in [1.165, 1.54) is 0 Å². The summed E-state index contributed by atoms with van der Waals surface area (Å²) < 4.78 is 0. The van der Waals surface area contributed by atoms with E-state index < -0.39 is 0 Å². The van der Waals surface area contributed by atoms with Gasteiger partial charge in [0.25, 0.3) is 0 Å². The van der Waals surface area contributed by atoms with Crippen molar-refractivity contribution in [2.75, 3.05) is 23.3 Å². The highest BCUT2D eigenvalue weighted by Crippen LogP contribution is 2.24. The molecule has 5 heteroatoms. The lowest BCUT2D eigenvalue weighted by Gasteiger charge is -2.31. The molecule has 142 valence electrons. The van der Waals surface area contributed by atoms with Crippen LogP contribution in [-0.2, 0) is 4.79 Å². The van der Waals surface area contributed by atoms with E-state index in [4.69, 9.17) is 0 Å². The molecule has 1 aliphatic rings. The van der Waals surface area contributed by atoms with E-state index in [2.05, 4.69) is 32.3 Å². The minimum atomic E-state index is 0.0281. The molecule has 0 bridgehead atoms. The van der Waals surface area contributed by atoms with Crippen LogP contribution in [0, 0.1) is 12.8 Å². The van der Waals surface area contributed by atoms with Crippen molar-refractivity contribution in [1.29, 1.82) is 0 Å². The number of hydrogen-bond donors (Lipinski definition) is 1. The quantitative estimate of drug-likeness (QED) is 0.741. The van der Waals surface area contributed by atoms with Crippen molar-refractivity contribution in [2.45, 2.75) is 19.8 Å². The van der Waals surface area contributed by atoms with Gasteiger partial charge in [-0.25, -0.2) is 9.97 Å². The molecule has 5 nitrogen and oxygen atoms in total. The summed E-state index contributed by atoms with van der Waals surface area (Å²) in [6.07, 6.45) is 5.35. The molecular weight excluding hydrogens is 348 g/mol. The zero-order valence-corrected chi connectivity index (χ0v) is 16.0. The lowest BCUT2D eigenvalue weighted by Crippen LogP contribution is -2.39. The summed E-state index contributed by atoms with van der Waals surface area (Å²) >= 11 is 0. The number of carbonyl (C=O) groups is 1. The van der Waals surface area contributed by atoms with Crippen molar-refractivity contribution in [3.05, 3.63) is 72.6 Å². The van der Waals surface area contributed by atoms with Crippen molar-refractivity contribution in [3.8, 4) is 11.1 Å². The number of piperidine rings is 1. The Kier molecular flexibility index (Phi) is 5.33. The van der Waals surface area contributed by atoms with Crippen LogP contribution >= 0.6 is 0 Å². The van der Waals surface area contributed by atoms with Crippen LogP contribution in [0.15, 0.2) is 67.0 Å². The number of amides is 1. The molecule has 28 heavy (non-hydrogen) atoms. The van der Waals surface area contributed by atoms with E-state index in [1.54, 1.807) is 0 Å². The molecular formula is C23H24N4O. The molecule has 0 unspecified atom stereocenters. The Hall–Kier alpha value is -3.21. The molecule has 0 spiro atoms. The molecule has 0 atom stereocenters. The van der Waals surface area contributed by atoms with Gasteiger partial charge in [-0.15, -0.1) is 0 Å². The Balaban J connectivity index is 1.34. The van der Waals surface area contributed by atoms with Crippen molar-refractivity contribution in [3.63, 3.8) is 0 Å². The van der Waals surface area contributed by atoms with E-state index in [9.17, 15) is 4.79 Å². The third-order valence-electron chi connectivity index (χ3n) is 5.18. The van der Waals surface area contributed by atoms with E-state index in [-0.39, 0.29) is 11.8 Å². The number of anilines is 2. The van der Waals surface area contributed by atoms with Gasteiger partial charge in [-0.1, -0.05) is 42.5 Å². The van der Waals surface area contributed by atoms with Crippen LogP contribution in [0.4, 0.5) is 11.6 Å². The largest absolute Gasteiger partial charge is 0.341 e. The summed E-state index contributed by atoms with van der Waals surface area (Å²) in [5, 5.41) is 3.04. The SMILES string of the molecule is Cc1cccc(NC(=O)C2CCN(c3ncc(-c4ccccc4)cn3)CC2)c1. The van der Waals surface area contributed by atoms with Crippen LogP contribution in [0.1, 0.15) is 18.4 Å². The van der Waals surface area contributed by atoms with Gasteiger partial charge in [0.1, 0.15) is 0 Å². The molecule has 1 N–H and O–H groups in total. The number of carbonyl (C=O) groups excluding carboxylic acids is 1. The summed E-state index contributed by atoms with van der Waals surface area (Å²) in [5.41, 5.74) is 4.13. The van der Waals surface area contributed by atoms with Crippen LogP contribution in [0.25, 0.3) is 11.1 Å². The molecule has 2 aromatic carbocycles. The zero-order chi connectivity index (χ0) is 19.3. The Morgan fingerprint density at radius 1 is 0.964 bits per heavy atom. The van der Waals surface area contributed by atoms with Crippen molar-refractivity contribution < 1.29 is 4.79 Å². The first kappa shape index (κ1) is 18.2. The van der Waals surface area contributed by atoms with Gasteiger partial charge in [-0.3, -0.25) is 4.79 Å². The molecule has 1 amide bonds. The maximum absolute atomic E-state index is 12.6. The highest BCUT2D eigenvalue weighted by atomic mass is 16.1. The summed E-state index contributed by atoms with van der Waals surface area (Å²) in [6, 6.07) is 18.0. The van der Waals surface area contributed by atoms with Gasteiger partial charge in [-0.05, 0) is 43.0 Å². The van der Waals surface area contributed by atoms with Crippen molar-refractivity contribution >= 4 is 17.5 Å². The predicted octanol–water partition coefficient (Wildman–Crippen LogP) is 4.31. The molecule has 4 rings (SSSR count). The number of nitrogens with zero attached hydrogens (tertiary/aromatic N) is 3. The number of aromatic nitrogens is 2. The summed E-state index contributed by atoms with van der Waals surface area (Å²) in [7, 11) is 0.